The molecule has 1 aliphatic carbocycles. The molecular weight excluding hydrogens is 256 g/mol. The first kappa shape index (κ1) is 15.1. The third-order valence-electron chi connectivity index (χ3n) is 5.61. The monoisotopic (exact) mass is 286 g/mol. The highest BCUT2D eigenvalue weighted by Crippen LogP contribution is 2.35. The molecule has 1 saturated carbocycles. The van der Waals surface area contributed by atoms with Crippen LogP contribution in [0.25, 0.3) is 0 Å². The van der Waals surface area contributed by atoms with E-state index in [1.165, 1.54) is 63.6 Å². The first-order valence-electron chi connectivity index (χ1n) is 8.85. The van der Waals surface area contributed by atoms with Crippen molar-refractivity contribution in [1.82, 2.24) is 10.2 Å². The smallest absolute Gasteiger partial charge is 0.0329 e. The van der Waals surface area contributed by atoms with Crippen LogP contribution >= 0.6 is 0 Å². The Morgan fingerprint density at radius 3 is 2.57 bits per heavy atom. The molecule has 0 radical (unpaired) electrons. The maximum Gasteiger partial charge on any atom is 0.0329 e. The van der Waals surface area contributed by atoms with Crippen LogP contribution in [0, 0.1) is 5.92 Å². The van der Waals surface area contributed by atoms with Gasteiger partial charge in [0, 0.05) is 18.6 Å². The molecule has 0 bridgehead atoms. The summed E-state index contributed by atoms with van der Waals surface area (Å²) in [7, 11) is 2.09. The molecule has 1 heterocycles. The molecule has 2 fully saturated rings. The van der Waals surface area contributed by atoms with Crippen LogP contribution in [0.1, 0.15) is 56.6 Å². The number of hydrogen-bond donors (Lipinski definition) is 1. The Morgan fingerprint density at radius 2 is 1.86 bits per heavy atom. The molecule has 1 aromatic rings. The fourth-order valence-corrected chi connectivity index (χ4v) is 4.46. The summed E-state index contributed by atoms with van der Waals surface area (Å²) in [5, 5.41) is 3.50. The summed E-state index contributed by atoms with van der Waals surface area (Å²) in [6, 6.07) is 12.3. The zero-order valence-electron chi connectivity index (χ0n) is 13.4. The van der Waals surface area contributed by atoms with E-state index >= 15 is 0 Å². The molecule has 2 nitrogen and oxygen atoms in total. The van der Waals surface area contributed by atoms with Crippen LogP contribution in [-0.2, 0) is 0 Å². The van der Waals surface area contributed by atoms with Crippen molar-refractivity contribution in [2.45, 2.75) is 57.0 Å². The highest BCUT2D eigenvalue weighted by Gasteiger charge is 2.33. The number of likely N-dealkylation sites (tertiary alicyclic amines) is 1. The third-order valence-corrected chi connectivity index (χ3v) is 5.61. The van der Waals surface area contributed by atoms with Crippen molar-refractivity contribution < 1.29 is 0 Å². The van der Waals surface area contributed by atoms with E-state index in [0.717, 1.165) is 12.0 Å². The Labute approximate surface area is 129 Å². The van der Waals surface area contributed by atoms with Gasteiger partial charge in [0.2, 0.25) is 0 Å². The normalized spacial score (nSPS) is 25.5. The first-order chi connectivity index (χ1) is 10.4. The van der Waals surface area contributed by atoms with Crippen LogP contribution < -0.4 is 5.32 Å². The second-order valence-electron chi connectivity index (χ2n) is 6.83. The number of nitrogens with one attached hydrogen (secondary N) is 1. The van der Waals surface area contributed by atoms with Gasteiger partial charge in [0.1, 0.15) is 0 Å². The molecule has 1 aliphatic heterocycles. The molecule has 0 aromatic heterocycles. The van der Waals surface area contributed by atoms with E-state index in [1.807, 2.05) is 0 Å². The maximum absolute atomic E-state index is 3.50. The number of benzene rings is 1. The molecule has 0 spiro atoms. The summed E-state index contributed by atoms with van der Waals surface area (Å²) >= 11 is 0. The molecule has 2 heteroatoms. The highest BCUT2D eigenvalue weighted by atomic mass is 15.2. The highest BCUT2D eigenvalue weighted by molar-refractivity contribution is 5.18. The molecule has 1 saturated heterocycles. The topological polar surface area (TPSA) is 15.3 Å². The first-order valence-corrected chi connectivity index (χ1v) is 8.85. The van der Waals surface area contributed by atoms with Crippen LogP contribution in [0.2, 0.25) is 0 Å². The summed E-state index contributed by atoms with van der Waals surface area (Å²) in [4.78, 5) is 2.79. The lowest BCUT2D eigenvalue weighted by Crippen LogP contribution is -2.36. The SMILES string of the molecule is CNC(CCN1CCCC1C1CCCC1)c1ccccc1. The third kappa shape index (κ3) is 3.67. The predicted molar refractivity (Wildman–Crippen MR) is 89.4 cm³/mol. The molecule has 116 valence electrons. The number of hydrogen-bond acceptors (Lipinski definition) is 2. The van der Waals surface area contributed by atoms with E-state index < -0.39 is 0 Å². The lowest BCUT2D eigenvalue weighted by atomic mass is 9.95. The number of rotatable bonds is 6. The van der Waals surface area contributed by atoms with Gasteiger partial charge in [0.05, 0.1) is 0 Å². The minimum absolute atomic E-state index is 0.496. The zero-order chi connectivity index (χ0) is 14.5. The zero-order valence-corrected chi connectivity index (χ0v) is 13.4. The van der Waals surface area contributed by atoms with Gasteiger partial charge in [-0.15, -0.1) is 0 Å². The Morgan fingerprint density at radius 1 is 1.10 bits per heavy atom. The second-order valence-corrected chi connectivity index (χ2v) is 6.83. The molecule has 2 aliphatic rings. The van der Waals surface area contributed by atoms with Gasteiger partial charge in [0.15, 0.2) is 0 Å². The van der Waals surface area contributed by atoms with Crippen LogP contribution in [-0.4, -0.2) is 31.1 Å². The molecule has 1 aromatic carbocycles. The van der Waals surface area contributed by atoms with Crippen LogP contribution in [0.4, 0.5) is 0 Å². The fourth-order valence-electron chi connectivity index (χ4n) is 4.46. The second kappa shape index (κ2) is 7.42. The molecule has 1 N–H and O–H groups in total. The summed E-state index contributed by atoms with van der Waals surface area (Å²) in [5.41, 5.74) is 1.43. The summed E-state index contributed by atoms with van der Waals surface area (Å²) in [5.74, 6) is 0.997. The Hall–Kier alpha value is -0.860. The van der Waals surface area contributed by atoms with Gasteiger partial charge in [-0.3, -0.25) is 0 Å². The quantitative estimate of drug-likeness (QED) is 0.850. The standard InChI is InChI=1S/C19H30N2/c1-20-18(16-8-3-2-4-9-16)13-15-21-14-7-12-19(21)17-10-5-6-11-17/h2-4,8-9,17-20H,5-7,10-15H2,1H3. The van der Waals surface area contributed by atoms with E-state index in [0.29, 0.717) is 6.04 Å². The lowest BCUT2D eigenvalue weighted by molar-refractivity contribution is 0.183. The van der Waals surface area contributed by atoms with E-state index in [-0.39, 0.29) is 0 Å². The summed E-state index contributed by atoms with van der Waals surface area (Å²) < 4.78 is 0. The molecule has 0 amide bonds. The average Bonchev–Trinajstić information content (AvgIpc) is 3.20. The fraction of sp³-hybridized carbons (Fsp3) is 0.684. The van der Waals surface area contributed by atoms with E-state index in [1.54, 1.807) is 0 Å². The number of nitrogens with zero attached hydrogens (tertiary/aromatic N) is 1. The molecule has 21 heavy (non-hydrogen) atoms. The maximum atomic E-state index is 3.50. The van der Waals surface area contributed by atoms with Crippen LogP contribution in [0.3, 0.4) is 0 Å². The van der Waals surface area contributed by atoms with Gasteiger partial charge in [-0.1, -0.05) is 43.2 Å². The molecule has 3 rings (SSSR count). The van der Waals surface area contributed by atoms with Gasteiger partial charge in [-0.25, -0.2) is 0 Å². The van der Waals surface area contributed by atoms with E-state index in [2.05, 4.69) is 47.6 Å². The van der Waals surface area contributed by atoms with Gasteiger partial charge >= 0.3 is 0 Å². The summed E-state index contributed by atoms with van der Waals surface area (Å²) in [6.07, 6.45) is 9.99. The van der Waals surface area contributed by atoms with Crippen molar-refractivity contribution in [3.05, 3.63) is 35.9 Å². The van der Waals surface area contributed by atoms with Crippen LogP contribution in [0.5, 0.6) is 0 Å². The van der Waals surface area contributed by atoms with Gasteiger partial charge in [0.25, 0.3) is 0 Å². The Bertz CT molecular complexity index is 411. The summed E-state index contributed by atoms with van der Waals surface area (Å²) in [6.45, 7) is 2.58. The minimum Gasteiger partial charge on any atom is -0.313 e. The van der Waals surface area contributed by atoms with Crippen LogP contribution in [0.15, 0.2) is 30.3 Å². The average molecular weight is 286 g/mol. The van der Waals surface area contributed by atoms with Crippen molar-refractivity contribution in [1.29, 1.82) is 0 Å². The molecular formula is C19H30N2. The predicted octanol–water partition coefficient (Wildman–Crippen LogP) is 3.99. The van der Waals surface area contributed by atoms with Crippen molar-refractivity contribution >= 4 is 0 Å². The lowest BCUT2D eigenvalue weighted by Gasteiger charge is -2.30. The Balaban J connectivity index is 1.55. The largest absolute Gasteiger partial charge is 0.313 e. The minimum atomic E-state index is 0.496. The molecule has 2 unspecified atom stereocenters. The van der Waals surface area contributed by atoms with E-state index in [9.17, 15) is 0 Å². The van der Waals surface area contributed by atoms with Crippen molar-refractivity contribution in [3.63, 3.8) is 0 Å². The van der Waals surface area contributed by atoms with Crippen molar-refractivity contribution in [2.24, 2.45) is 5.92 Å². The Kier molecular flexibility index (Phi) is 5.32. The van der Waals surface area contributed by atoms with Crippen molar-refractivity contribution in [3.8, 4) is 0 Å². The van der Waals surface area contributed by atoms with Gasteiger partial charge < -0.3 is 10.2 Å². The van der Waals surface area contributed by atoms with Gasteiger partial charge in [-0.2, -0.15) is 0 Å². The van der Waals surface area contributed by atoms with Crippen molar-refractivity contribution in [2.75, 3.05) is 20.1 Å². The molecule has 2 atom stereocenters. The van der Waals surface area contributed by atoms with E-state index in [4.69, 9.17) is 0 Å². The van der Waals surface area contributed by atoms with Gasteiger partial charge in [-0.05, 0) is 57.2 Å².